The standard InChI is InChI=1S/C12H22ClN/c1-11(2)9-4-5-12(11,3)10(8-9)14-7-6-13/h9-10,14H,4-8H2,1-3H3. The number of nitrogens with one attached hydrogen (secondary N) is 1. The predicted molar refractivity (Wildman–Crippen MR) is 61.7 cm³/mol. The predicted octanol–water partition coefficient (Wildman–Crippen LogP) is 3.03. The molecule has 2 bridgehead atoms. The second-order valence-electron chi connectivity index (χ2n) is 5.81. The molecule has 0 radical (unpaired) electrons. The van der Waals surface area contributed by atoms with Crippen LogP contribution in [0.25, 0.3) is 0 Å². The van der Waals surface area contributed by atoms with Gasteiger partial charge in [-0.15, -0.1) is 11.6 Å². The van der Waals surface area contributed by atoms with Crippen LogP contribution >= 0.6 is 11.6 Å². The summed E-state index contributed by atoms with van der Waals surface area (Å²) in [5.41, 5.74) is 1.03. The van der Waals surface area contributed by atoms with Crippen LogP contribution in [0.2, 0.25) is 0 Å². The molecule has 1 nitrogen and oxygen atoms in total. The average molecular weight is 216 g/mol. The molecule has 2 saturated carbocycles. The van der Waals surface area contributed by atoms with E-state index in [0.29, 0.717) is 16.9 Å². The maximum Gasteiger partial charge on any atom is 0.0348 e. The van der Waals surface area contributed by atoms with E-state index in [1.165, 1.54) is 19.3 Å². The van der Waals surface area contributed by atoms with Gasteiger partial charge in [-0.05, 0) is 36.0 Å². The second-order valence-corrected chi connectivity index (χ2v) is 6.18. The normalized spacial score (nSPS) is 44.6. The second kappa shape index (κ2) is 3.38. The quantitative estimate of drug-likeness (QED) is 0.714. The summed E-state index contributed by atoms with van der Waals surface area (Å²) in [7, 11) is 0. The fraction of sp³-hybridized carbons (Fsp3) is 1.00. The summed E-state index contributed by atoms with van der Waals surface area (Å²) in [5.74, 6) is 1.66. The molecule has 2 rings (SSSR count). The first-order chi connectivity index (χ1) is 6.52. The fourth-order valence-electron chi connectivity index (χ4n) is 3.74. The summed E-state index contributed by atoms with van der Waals surface area (Å²) in [6, 6.07) is 0.704. The SMILES string of the molecule is CC1(C)C2CCC1(C)C(NCCCl)C2. The minimum Gasteiger partial charge on any atom is -0.312 e. The molecule has 0 aromatic heterocycles. The molecule has 0 aliphatic heterocycles. The van der Waals surface area contributed by atoms with E-state index in [-0.39, 0.29) is 0 Å². The molecule has 0 heterocycles. The number of halogens is 1. The van der Waals surface area contributed by atoms with Crippen LogP contribution in [0.15, 0.2) is 0 Å². The third-order valence-electron chi connectivity index (χ3n) is 5.28. The van der Waals surface area contributed by atoms with Gasteiger partial charge in [-0.25, -0.2) is 0 Å². The average Bonchev–Trinajstić information content (AvgIpc) is 2.46. The van der Waals surface area contributed by atoms with Crippen molar-refractivity contribution in [1.82, 2.24) is 5.32 Å². The number of fused-ring (bicyclic) bond motifs is 2. The van der Waals surface area contributed by atoms with Crippen molar-refractivity contribution in [2.75, 3.05) is 12.4 Å². The van der Waals surface area contributed by atoms with Crippen LogP contribution in [0.4, 0.5) is 0 Å². The Bertz CT molecular complexity index is 226. The molecular formula is C12H22ClN. The van der Waals surface area contributed by atoms with Crippen LogP contribution in [-0.4, -0.2) is 18.5 Å². The van der Waals surface area contributed by atoms with Crippen molar-refractivity contribution >= 4 is 11.6 Å². The Kier molecular flexibility index (Phi) is 2.60. The van der Waals surface area contributed by atoms with Gasteiger partial charge in [-0.2, -0.15) is 0 Å². The van der Waals surface area contributed by atoms with Gasteiger partial charge < -0.3 is 5.32 Å². The minimum absolute atomic E-state index is 0.504. The monoisotopic (exact) mass is 215 g/mol. The Balaban J connectivity index is 2.11. The van der Waals surface area contributed by atoms with E-state index in [4.69, 9.17) is 11.6 Å². The van der Waals surface area contributed by atoms with Crippen molar-refractivity contribution in [2.45, 2.75) is 46.1 Å². The number of alkyl halides is 1. The van der Waals surface area contributed by atoms with Crippen molar-refractivity contribution in [1.29, 1.82) is 0 Å². The number of rotatable bonds is 3. The minimum atomic E-state index is 0.504. The van der Waals surface area contributed by atoms with Crippen LogP contribution < -0.4 is 5.32 Å². The Labute approximate surface area is 92.6 Å². The third kappa shape index (κ3) is 1.25. The Hall–Kier alpha value is 0.250. The molecule has 3 atom stereocenters. The van der Waals surface area contributed by atoms with E-state index in [0.717, 1.165) is 18.3 Å². The summed E-state index contributed by atoms with van der Waals surface area (Å²) in [6.07, 6.45) is 4.19. The Morgan fingerprint density at radius 3 is 2.50 bits per heavy atom. The van der Waals surface area contributed by atoms with Gasteiger partial charge in [0.2, 0.25) is 0 Å². The van der Waals surface area contributed by atoms with Crippen LogP contribution in [0, 0.1) is 16.7 Å². The largest absolute Gasteiger partial charge is 0.312 e. The van der Waals surface area contributed by atoms with Crippen molar-refractivity contribution in [2.24, 2.45) is 16.7 Å². The maximum atomic E-state index is 5.74. The Morgan fingerprint density at radius 2 is 2.07 bits per heavy atom. The summed E-state index contributed by atoms with van der Waals surface area (Å²) in [4.78, 5) is 0. The lowest BCUT2D eigenvalue weighted by molar-refractivity contribution is 0.122. The van der Waals surface area contributed by atoms with E-state index in [9.17, 15) is 0 Å². The number of hydrogen-bond acceptors (Lipinski definition) is 1. The lowest BCUT2D eigenvalue weighted by atomic mass is 9.69. The molecule has 1 N–H and O–H groups in total. The van der Waals surface area contributed by atoms with Gasteiger partial charge in [-0.3, -0.25) is 0 Å². The van der Waals surface area contributed by atoms with E-state index < -0.39 is 0 Å². The van der Waals surface area contributed by atoms with Gasteiger partial charge in [-0.1, -0.05) is 20.8 Å². The van der Waals surface area contributed by atoms with Crippen LogP contribution in [0.1, 0.15) is 40.0 Å². The Morgan fingerprint density at radius 1 is 1.36 bits per heavy atom. The first kappa shape index (κ1) is 10.8. The summed E-state index contributed by atoms with van der Waals surface area (Å²) in [6.45, 7) is 8.33. The van der Waals surface area contributed by atoms with Gasteiger partial charge in [0.25, 0.3) is 0 Å². The van der Waals surface area contributed by atoms with Crippen molar-refractivity contribution in [3.63, 3.8) is 0 Å². The van der Waals surface area contributed by atoms with Crippen molar-refractivity contribution < 1.29 is 0 Å². The van der Waals surface area contributed by atoms with Gasteiger partial charge in [0.05, 0.1) is 0 Å². The van der Waals surface area contributed by atoms with Gasteiger partial charge in [0, 0.05) is 18.5 Å². The zero-order valence-corrected chi connectivity index (χ0v) is 10.3. The third-order valence-corrected chi connectivity index (χ3v) is 5.47. The smallest absolute Gasteiger partial charge is 0.0348 e. The number of hydrogen-bond donors (Lipinski definition) is 1. The highest BCUT2D eigenvalue weighted by atomic mass is 35.5. The molecule has 0 aromatic rings. The first-order valence-electron chi connectivity index (χ1n) is 5.82. The van der Waals surface area contributed by atoms with E-state index >= 15 is 0 Å². The highest BCUT2D eigenvalue weighted by molar-refractivity contribution is 6.18. The van der Waals surface area contributed by atoms with Crippen LogP contribution in [0.3, 0.4) is 0 Å². The van der Waals surface area contributed by atoms with E-state index in [2.05, 4.69) is 26.1 Å². The van der Waals surface area contributed by atoms with E-state index in [1.807, 2.05) is 0 Å². The zero-order valence-electron chi connectivity index (χ0n) is 9.57. The lowest BCUT2D eigenvalue weighted by Gasteiger charge is -2.39. The molecule has 82 valence electrons. The van der Waals surface area contributed by atoms with Crippen molar-refractivity contribution in [3.8, 4) is 0 Å². The molecule has 0 spiro atoms. The zero-order chi connectivity index (χ0) is 10.4. The van der Waals surface area contributed by atoms with Crippen LogP contribution in [-0.2, 0) is 0 Å². The molecule has 2 fully saturated rings. The molecule has 2 heteroatoms. The summed E-state index contributed by atoms with van der Waals surface area (Å²) in [5, 5.41) is 3.63. The summed E-state index contributed by atoms with van der Waals surface area (Å²) < 4.78 is 0. The summed E-state index contributed by atoms with van der Waals surface area (Å²) >= 11 is 5.74. The van der Waals surface area contributed by atoms with Gasteiger partial charge >= 0.3 is 0 Å². The molecule has 3 unspecified atom stereocenters. The lowest BCUT2D eigenvalue weighted by Crippen LogP contribution is -2.45. The molecule has 14 heavy (non-hydrogen) atoms. The maximum absolute atomic E-state index is 5.74. The molecule has 2 aliphatic rings. The first-order valence-corrected chi connectivity index (χ1v) is 6.35. The van der Waals surface area contributed by atoms with Crippen molar-refractivity contribution in [3.05, 3.63) is 0 Å². The highest BCUT2D eigenvalue weighted by Gasteiger charge is 2.60. The highest BCUT2D eigenvalue weighted by Crippen LogP contribution is 2.65. The van der Waals surface area contributed by atoms with Gasteiger partial charge in [0.1, 0.15) is 0 Å². The molecular weight excluding hydrogens is 194 g/mol. The molecule has 0 amide bonds. The van der Waals surface area contributed by atoms with Gasteiger partial charge in [0.15, 0.2) is 0 Å². The molecule has 2 aliphatic carbocycles. The van der Waals surface area contributed by atoms with Crippen LogP contribution in [0.5, 0.6) is 0 Å². The molecule has 0 saturated heterocycles. The topological polar surface area (TPSA) is 12.0 Å². The fourth-order valence-corrected chi connectivity index (χ4v) is 3.85. The van der Waals surface area contributed by atoms with E-state index in [1.54, 1.807) is 0 Å². The molecule has 0 aromatic carbocycles.